The molecular formula is C27H27F2N5O5S. The van der Waals surface area contributed by atoms with E-state index in [9.17, 15) is 27.3 Å². The van der Waals surface area contributed by atoms with Crippen LogP contribution < -0.4 is 14.9 Å². The number of sulfonamides is 1. The molecule has 2 aliphatic heterocycles. The Morgan fingerprint density at radius 1 is 1.12 bits per heavy atom. The number of carbonyl (C=O) groups is 1. The van der Waals surface area contributed by atoms with E-state index in [0.717, 1.165) is 5.69 Å². The summed E-state index contributed by atoms with van der Waals surface area (Å²) in [6, 6.07) is 11.8. The van der Waals surface area contributed by atoms with Gasteiger partial charge in [-0.3, -0.25) is 9.52 Å². The van der Waals surface area contributed by atoms with Crippen LogP contribution in [0, 0.1) is 11.3 Å². The zero-order valence-electron chi connectivity index (χ0n) is 21.4. The number of ether oxygens (including phenoxy) is 1. The Labute approximate surface area is 229 Å². The van der Waals surface area contributed by atoms with Crippen LogP contribution in [0.1, 0.15) is 34.5 Å². The molecule has 3 heterocycles. The summed E-state index contributed by atoms with van der Waals surface area (Å²) in [6.45, 7) is 1.34. The van der Waals surface area contributed by atoms with Crippen LogP contribution in [0.2, 0.25) is 0 Å². The van der Waals surface area contributed by atoms with Crippen LogP contribution in [-0.2, 0) is 27.9 Å². The van der Waals surface area contributed by atoms with E-state index in [2.05, 4.69) is 16.1 Å². The third-order valence-corrected chi connectivity index (χ3v) is 8.34. The number of benzene rings is 2. The minimum atomic E-state index is -3.83. The number of hydrogen-bond acceptors (Lipinski definition) is 7. The van der Waals surface area contributed by atoms with Gasteiger partial charge in [0.1, 0.15) is 6.07 Å². The van der Waals surface area contributed by atoms with Crippen LogP contribution in [0.15, 0.2) is 48.1 Å². The van der Waals surface area contributed by atoms with E-state index in [1.54, 1.807) is 17.0 Å². The smallest absolute Gasteiger partial charge is 0.269 e. The van der Waals surface area contributed by atoms with Gasteiger partial charge in [-0.15, -0.1) is 0 Å². The molecule has 0 atom stereocenters. The Bertz CT molecular complexity index is 1650. The van der Waals surface area contributed by atoms with Gasteiger partial charge in [0.15, 0.2) is 0 Å². The highest BCUT2D eigenvalue weighted by molar-refractivity contribution is 7.92. The van der Waals surface area contributed by atoms with Gasteiger partial charge in [0.25, 0.3) is 12.0 Å². The fourth-order valence-electron chi connectivity index (χ4n) is 5.14. The first-order valence-electron chi connectivity index (χ1n) is 12.7. The lowest BCUT2D eigenvalue weighted by molar-refractivity contribution is 0.0865. The second kappa shape index (κ2) is 11.2. The van der Waals surface area contributed by atoms with Gasteiger partial charge in [0, 0.05) is 30.7 Å². The first-order chi connectivity index (χ1) is 19.2. The number of nitrogens with one attached hydrogen (secondary N) is 2. The Kier molecular flexibility index (Phi) is 7.75. The molecule has 210 valence electrons. The van der Waals surface area contributed by atoms with Crippen molar-refractivity contribution in [1.29, 1.82) is 5.26 Å². The van der Waals surface area contributed by atoms with E-state index < -0.39 is 34.4 Å². The highest BCUT2D eigenvalue weighted by Gasteiger charge is 2.25. The highest BCUT2D eigenvalue weighted by atomic mass is 32.2. The van der Waals surface area contributed by atoms with E-state index in [0.29, 0.717) is 47.6 Å². The molecule has 0 radical (unpaired) electrons. The lowest BCUT2D eigenvalue weighted by atomic mass is 10.0. The SMILES string of the molecule is N#Cc1ccc(NC(=O)c2ccc(NS(=O)(=O)CCO)cc2N2CCC(=C(F)F)CC2)c2cc3n(c12)CCOC3. The molecule has 0 aliphatic carbocycles. The number of hydrogen-bond donors (Lipinski definition) is 3. The van der Waals surface area contributed by atoms with Crippen molar-refractivity contribution in [3.63, 3.8) is 0 Å². The standard InChI is InChI=1S/C27H27F2N5O5S/c28-26(29)17-5-7-33(8-6-17)24-13-19(32-40(37,38)12-10-35)2-3-21(24)27(36)31-23-4-1-18(15-30)25-22(23)14-20-16-39-11-9-34(20)25/h1-4,13-14,32,35H,5-12,16H2,(H,31,36). The van der Waals surface area contributed by atoms with Gasteiger partial charge < -0.3 is 24.6 Å². The first-order valence-corrected chi connectivity index (χ1v) is 14.3. The van der Waals surface area contributed by atoms with Crippen molar-refractivity contribution in [2.45, 2.75) is 26.0 Å². The molecule has 0 spiro atoms. The fraction of sp³-hybridized carbons (Fsp3) is 0.333. The number of piperidine rings is 1. The maximum absolute atomic E-state index is 13.7. The summed E-state index contributed by atoms with van der Waals surface area (Å²) in [6.07, 6.45) is -1.48. The Morgan fingerprint density at radius 2 is 1.90 bits per heavy atom. The van der Waals surface area contributed by atoms with Gasteiger partial charge >= 0.3 is 0 Å². The highest BCUT2D eigenvalue weighted by Crippen LogP contribution is 2.34. The van der Waals surface area contributed by atoms with Crippen LogP contribution in [0.3, 0.4) is 0 Å². The fourth-order valence-corrected chi connectivity index (χ4v) is 5.96. The van der Waals surface area contributed by atoms with Crippen molar-refractivity contribution in [2.24, 2.45) is 0 Å². The number of aromatic nitrogens is 1. The molecule has 3 aromatic rings. The van der Waals surface area contributed by atoms with Crippen LogP contribution in [0.25, 0.3) is 10.9 Å². The molecule has 0 unspecified atom stereocenters. The Balaban J connectivity index is 1.51. The number of nitriles is 1. The number of nitrogens with zero attached hydrogens (tertiary/aromatic N) is 3. The third-order valence-electron chi connectivity index (χ3n) is 7.07. The van der Waals surface area contributed by atoms with Crippen molar-refractivity contribution in [1.82, 2.24) is 4.57 Å². The Hall–Kier alpha value is -3.99. The molecule has 1 amide bonds. The monoisotopic (exact) mass is 571 g/mol. The maximum atomic E-state index is 13.7. The molecule has 2 aromatic carbocycles. The molecule has 13 heteroatoms. The second-order valence-corrected chi connectivity index (χ2v) is 11.4. The topological polar surface area (TPSA) is 137 Å². The van der Waals surface area contributed by atoms with Gasteiger partial charge in [-0.25, -0.2) is 8.42 Å². The number of halogens is 2. The Morgan fingerprint density at radius 3 is 2.60 bits per heavy atom. The molecule has 5 rings (SSSR count). The maximum Gasteiger partial charge on any atom is 0.269 e. The summed E-state index contributed by atoms with van der Waals surface area (Å²) in [7, 11) is -3.83. The van der Waals surface area contributed by atoms with Gasteiger partial charge in [0.2, 0.25) is 10.0 Å². The number of anilines is 3. The first kappa shape index (κ1) is 27.6. The summed E-state index contributed by atoms with van der Waals surface area (Å²) < 4.78 is 60.7. The van der Waals surface area contributed by atoms with Crippen molar-refractivity contribution < 1.29 is 31.8 Å². The van der Waals surface area contributed by atoms with E-state index in [4.69, 9.17) is 9.84 Å². The molecule has 10 nitrogen and oxygen atoms in total. The van der Waals surface area contributed by atoms with E-state index >= 15 is 0 Å². The van der Waals surface area contributed by atoms with Gasteiger partial charge in [-0.05, 0) is 54.8 Å². The summed E-state index contributed by atoms with van der Waals surface area (Å²) in [5.74, 6) is -0.983. The zero-order valence-corrected chi connectivity index (χ0v) is 22.2. The average molecular weight is 572 g/mol. The van der Waals surface area contributed by atoms with Crippen molar-refractivity contribution in [2.75, 3.05) is 47.0 Å². The molecule has 0 bridgehead atoms. The van der Waals surface area contributed by atoms with Crippen molar-refractivity contribution in [3.8, 4) is 6.07 Å². The van der Waals surface area contributed by atoms with E-state index in [-0.39, 0.29) is 42.8 Å². The molecule has 1 aromatic heterocycles. The minimum absolute atomic E-state index is 0.0590. The quantitative estimate of drug-likeness (QED) is 0.393. The molecule has 1 saturated heterocycles. The second-order valence-electron chi connectivity index (χ2n) is 9.56. The van der Waals surface area contributed by atoms with Gasteiger partial charge in [-0.1, -0.05) is 0 Å². The largest absolute Gasteiger partial charge is 0.395 e. The molecule has 2 aliphatic rings. The number of fused-ring (bicyclic) bond motifs is 3. The molecule has 3 N–H and O–H groups in total. The number of amides is 1. The number of aliphatic hydroxyl groups is 1. The summed E-state index contributed by atoms with van der Waals surface area (Å²) >= 11 is 0. The van der Waals surface area contributed by atoms with Crippen molar-refractivity contribution in [3.05, 3.63) is 64.9 Å². The summed E-state index contributed by atoms with van der Waals surface area (Å²) in [4.78, 5) is 15.4. The number of aliphatic hydroxyl groups excluding tert-OH is 1. The predicted octanol–water partition coefficient (Wildman–Crippen LogP) is 3.78. The van der Waals surface area contributed by atoms with Crippen LogP contribution in [0.4, 0.5) is 25.8 Å². The van der Waals surface area contributed by atoms with Crippen LogP contribution in [0.5, 0.6) is 0 Å². The van der Waals surface area contributed by atoms with Crippen molar-refractivity contribution >= 4 is 43.9 Å². The average Bonchev–Trinajstić information content (AvgIpc) is 3.33. The van der Waals surface area contributed by atoms with Gasteiger partial charge in [-0.2, -0.15) is 14.0 Å². The summed E-state index contributed by atoms with van der Waals surface area (Å²) in [5.41, 5.74) is 3.40. The van der Waals surface area contributed by atoms with Crippen LogP contribution in [-0.4, -0.2) is 56.1 Å². The predicted molar refractivity (Wildman–Crippen MR) is 146 cm³/mol. The molecule has 1 fully saturated rings. The van der Waals surface area contributed by atoms with E-state index in [1.807, 2.05) is 10.6 Å². The molecular weight excluding hydrogens is 544 g/mol. The molecule has 0 saturated carbocycles. The zero-order chi connectivity index (χ0) is 28.4. The van der Waals surface area contributed by atoms with Crippen LogP contribution >= 0.6 is 0 Å². The third kappa shape index (κ3) is 5.51. The number of carbonyl (C=O) groups excluding carboxylic acids is 1. The molecule has 40 heavy (non-hydrogen) atoms. The summed E-state index contributed by atoms with van der Waals surface area (Å²) in [5, 5.41) is 22.3. The van der Waals surface area contributed by atoms with E-state index in [1.165, 1.54) is 18.2 Å². The number of rotatable bonds is 7. The minimum Gasteiger partial charge on any atom is -0.395 e. The normalized spacial score (nSPS) is 15.4. The van der Waals surface area contributed by atoms with Gasteiger partial charge in [0.05, 0.1) is 59.3 Å². The lowest BCUT2D eigenvalue weighted by Gasteiger charge is -2.31. The lowest BCUT2D eigenvalue weighted by Crippen LogP contribution is -2.32.